The molecule has 0 spiro atoms. The number of likely N-dealkylation sites (N-methyl/N-ethyl adjacent to an activating group) is 1. The summed E-state index contributed by atoms with van der Waals surface area (Å²) >= 11 is 0. The number of ether oxygens (including phenoxy) is 6. The number of hydrogen-bond donors (Lipinski definition) is 2. The zero-order valence-corrected chi connectivity index (χ0v) is 36.3. The summed E-state index contributed by atoms with van der Waals surface area (Å²) in [6, 6.07) is 12.3. The Labute approximate surface area is 339 Å². The van der Waals surface area contributed by atoms with Crippen LogP contribution in [0.3, 0.4) is 0 Å². The average molecular weight is 813 g/mol. The third kappa shape index (κ3) is 27.1. The first-order chi connectivity index (χ1) is 27.4. The Bertz CT molecular complexity index is 1260. The number of nitrogens with one attached hydrogen (secondary N) is 1. The van der Waals surface area contributed by atoms with Gasteiger partial charge in [0.05, 0.1) is 46.9 Å². The fraction of sp³-hybridized carbons (Fsp3) is 0.767. The van der Waals surface area contributed by atoms with Crippen molar-refractivity contribution >= 4 is 18.6 Å². The number of unbranched alkanes of at least 4 members (excludes halogenated alkanes) is 14. The van der Waals surface area contributed by atoms with Gasteiger partial charge in [-0.2, -0.15) is 0 Å². The molecule has 0 bridgehead atoms. The van der Waals surface area contributed by atoms with E-state index in [-0.39, 0.29) is 33.4 Å². The molecule has 13 heteroatoms. The van der Waals surface area contributed by atoms with E-state index in [1.807, 2.05) is 37.1 Å². The highest BCUT2D eigenvalue weighted by molar-refractivity contribution is 7.47. The Hall–Kier alpha value is -1.67. The van der Waals surface area contributed by atoms with Crippen molar-refractivity contribution in [3.05, 3.63) is 42.0 Å². The topological polar surface area (TPSA) is 126 Å². The van der Waals surface area contributed by atoms with E-state index >= 15 is 0 Å². The zero-order valence-electron chi connectivity index (χ0n) is 35.4. The molecule has 12 nitrogen and oxygen atoms in total. The quantitative estimate of drug-likeness (QED) is 0.0378. The Kier molecular flexibility index (Phi) is 30.8. The van der Waals surface area contributed by atoms with Gasteiger partial charge in [-0.1, -0.05) is 122 Å². The van der Waals surface area contributed by atoms with Gasteiger partial charge in [-0.05, 0) is 67.5 Å². The second-order valence-corrected chi connectivity index (χ2v) is 16.0. The summed E-state index contributed by atoms with van der Waals surface area (Å²) in [6.07, 6.45) is 20.0. The van der Waals surface area contributed by atoms with Gasteiger partial charge in [-0.15, -0.1) is 0 Å². The fourth-order valence-corrected chi connectivity index (χ4v) is 6.75. The van der Waals surface area contributed by atoms with E-state index in [9.17, 15) is 9.46 Å². The van der Waals surface area contributed by atoms with Crippen LogP contribution in [0.25, 0.3) is 10.8 Å². The fourth-order valence-electron chi connectivity index (χ4n) is 6.01. The van der Waals surface area contributed by atoms with Crippen LogP contribution in [0, 0.1) is 0 Å². The molecule has 2 aromatic carbocycles. The van der Waals surface area contributed by atoms with Gasteiger partial charge in [0.15, 0.2) is 0 Å². The number of fused-ring (bicyclic) bond motifs is 1. The van der Waals surface area contributed by atoms with Crippen molar-refractivity contribution in [1.29, 1.82) is 0 Å². The van der Waals surface area contributed by atoms with Crippen LogP contribution in [0.5, 0.6) is 5.75 Å². The molecule has 0 aliphatic carbocycles. The Balaban J connectivity index is 1.53. The molecule has 0 heterocycles. The van der Waals surface area contributed by atoms with Gasteiger partial charge in [0.25, 0.3) is 0 Å². The summed E-state index contributed by atoms with van der Waals surface area (Å²) in [7, 11) is -0.671. The van der Waals surface area contributed by atoms with Gasteiger partial charge in [0.2, 0.25) is 0 Å². The van der Waals surface area contributed by atoms with Crippen LogP contribution in [0.4, 0.5) is 0 Å². The smallest absolute Gasteiger partial charge is 0.472 e. The highest BCUT2D eigenvalue weighted by Crippen LogP contribution is 2.43. The second kappa shape index (κ2) is 34.2. The highest BCUT2D eigenvalue weighted by Gasteiger charge is 2.24. The largest absolute Gasteiger partial charge is 0.497 e. The molecule has 0 fully saturated rings. The lowest BCUT2D eigenvalue weighted by Crippen LogP contribution is -2.28. The van der Waals surface area contributed by atoms with E-state index < -0.39 is 13.9 Å². The second-order valence-electron chi connectivity index (χ2n) is 14.5. The molecule has 2 N–H and O–H groups in total. The van der Waals surface area contributed by atoms with Crippen LogP contribution in [-0.4, -0.2) is 103 Å². The summed E-state index contributed by atoms with van der Waals surface area (Å²) in [5.74, 6) is 0.843. The molecule has 2 unspecified atom stereocenters. The highest BCUT2D eigenvalue weighted by atomic mass is 31.2. The molecule has 2 rings (SSSR count). The molecular formula is C43H77N2O10P. The lowest BCUT2D eigenvalue weighted by atomic mass is 10.0. The molecular weight excluding hydrogens is 735 g/mol. The molecule has 2 atom stereocenters. The van der Waals surface area contributed by atoms with Gasteiger partial charge in [-0.25, -0.2) is 4.57 Å². The van der Waals surface area contributed by atoms with E-state index in [0.29, 0.717) is 39.6 Å². The molecule has 0 saturated heterocycles. The van der Waals surface area contributed by atoms with Crippen LogP contribution >= 0.6 is 7.82 Å². The molecule has 0 aliphatic rings. The Morgan fingerprint density at radius 2 is 1.32 bits per heavy atom. The van der Waals surface area contributed by atoms with Crippen LogP contribution in [0.2, 0.25) is 0 Å². The summed E-state index contributed by atoms with van der Waals surface area (Å²) in [5.41, 5.74) is 1.10. The van der Waals surface area contributed by atoms with Crippen molar-refractivity contribution in [1.82, 2.24) is 10.2 Å². The van der Waals surface area contributed by atoms with Crippen LogP contribution < -0.4 is 10.1 Å². The van der Waals surface area contributed by atoms with Crippen molar-refractivity contribution < 1.29 is 46.9 Å². The van der Waals surface area contributed by atoms with E-state index in [4.69, 9.17) is 37.5 Å². The molecule has 324 valence electrons. The van der Waals surface area contributed by atoms with Crippen molar-refractivity contribution in [2.75, 3.05) is 87.1 Å². The minimum absolute atomic E-state index is 0.0143. The normalized spacial score (nSPS) is 13.5. The number of hydrogen-bond acceptors (Lipinski definition) is 11. The standard InChI is InChI=1S/C43H77N2O10P/c1-5-7-8-9-10-11-12-13-14-15-16-17-18-19-20-28-49-37-52-34-43(35-55-56(46,47)54-30-27-45(3)6-2)53-38-50-29-21-26-44-36-51-33-39-22-23-41-32-42(48-4)25-24-40(41)31-39/h22-25,31-32,43-44H,5-21,26-30,33-38H2,1-4H3,(H,46,47). The first-order valence-electron chi connectivity index (χ1n) is 21.4. The first-order valence-corrected chi connectivity index (χ1v) is 22.9. The summed E-state index contributed by atoms with van der Waals surface area (Å²) in [6.45, 7) is 8.44. The van der Waals surface area contributed by atoms with Crippen molar-refractivity contribution in [3.63, 3.8) is 0 Å². The predicted molar refractivity (Wildman–Crippen MR) is 225 cm³/mol. The minimum atomic E-state index is -4.25. The maximum absolute atomic E-state index is 12.4. The molecule has 0 aliphatic heterocycles. The SMILES string of the molecule is CCCCCCCCCCCCCCCCCOCOCC(COP(=O)(O)OCCN(C)CC)OCOCCCNCOCc1ccc2cc(OC)ccc2c1. The van der Waals surface area contributed by atoms with Crippen molar-refractivity contribution in [2.24, 2.45) is 0 Å². The summed E-state index contributed by atoms with van der Waals surface area (Å²) in [5, 5.41) is 5.53. The summed E-state index contributed by atoms with van der Waals surface area (Å²) in [4.78, 5) is 12.1. The zero-order chi connectivity index (χ0) is 40.4. The average Bonchev–Trinajstić information content (AvgIpc) is 3.20. The lowest BCUT2D eigenvalue weighted by Gasteiger charge is -2.20. The van der Waals surface area contributed by atoms with E-state index in [1.165, 1.54) is 83.5 Å². The number of phosphoric acid groups is 1. The number of rotatable bonds is 40. The first kappa shape index (κ1) is 50.5. The predicted octanol–water partition coefficient (Wildman–Crippen LogP) is 9.61. The van der Waals surface area contributed by atoms with Gasteiger partial charge < -0.3 is 38.2 Å². The number of methoxy groups -OCH3 is 1. The van der Waals surface area contributed by atoms with Crippen LogP contribution in [0.1, 0.15) is 122 Å². The minimum Gasteiger partial charge on any atom is -0.497 e. The molecule has 0 saturated carbocycles. The van der Waals surface area contributed by atoms with E-state index in [1.54, 1.807) is 7.11 Å². The number of nitrogens with zero attached hydrogens (tertiary/aromatic N) is 1. The Morgan fingerprint density at radius 1 is 0.696 bits per heavy atom. The number of phosphoric ester groups is 1. The van der Waals surface area contributed by atoms with E-state index in [0.717, 1.165) is 47.9 Å². The molecule has 0 radical (unpaired) electrons. The molecule has 0 aromatic heterocycles. The monoisotopic (exact) mass is 813 g/mol. The van der Waals surface area contributed by atoms with Gasteiger partial charge >= 0.3 is 7.82 Å². The third-order valence-corrected chi connectivity index (χ3v) is 10.7. The van der Waals surface area contributed by atoms with Crippen LogP contribution in [-0.2, 0) is 43.9 Å². The van der Waals surface area contributed by atoms with Crippen molar-refractivity contribution in [2.45, 2.75) is 129 Å². The maximum atomic E-state index is 12.4. The van der Waals surface area contributed by atoms with E-state index in [2.05, 4.69) is 30.4 Å². The maximum Gasteiger partial charge on any atom is 0.472 e. The molecule has 0 amide bonds. The van der Waals surface area contributed by atoms with Crippen molar-refractivity contribution in [3.8, 4) is 5.75 Å². The summed E-state index contributed by atoms with van der Waals surface area (Å²) < 4.78 is 56.7. The Morgan fingerprint density at radius 3 is 2.00 bits per heavy atom. The van der Waals surface area contributed by atoms with Crippen LogP contribution in [0.15, 0.2) is 36.4 Å². The number of benzene rings is 2. The molecule has 2 aromatic rings. The van der Waals surface area contributed by atoms with Gasteiger partial charge in [-0.3, -0.25) is 14.4 Å². The lowest BCUT2D eigenvalue weighted by molar-refractivity contribution is -0.143. The molecule has 56 heavy (non-hydrogen) atoms. The van der Waals surface area contributed by atoms with Gasteiger partial charge in [0.1, 0.15) is 25.4 Å². The third-order valence-electron chi connectivity index (χ3n) is 9.67. The van der Waals surface area contributed by atoms with Gasteiger partial charge in [0, 0.05) is 13.2 Å².